The molecule has 0 aliphatic rings. The van der Waals surface area contributed by atoms with E-state index in [1.165, 1.54) is 13.0 Å². The third kappa shape index (κ3) is 4.70. The van der Waals surface area contributed by atoms with Crippen molar-refractivity contribution in [3.05, 3.63) is 0 Å². The Balaban J connectivity index is 3.58. The van der Waals surface area contributed by atoms with Crippen molar-refractivity contribution in [2.75, 3.05) is 19.3 Å². The van der Waals surface area contributed by atoms with Gasteiger partial charge in [-0.15, -0.1) is 0 Å². The predicted octanol–water partition coefficient (Wildman–Crippen LogP) is 2.28. The van der Waals surface area contributed by atoms with Gasteiger partial charge >= 0.3 is 0 Å². The first-order chi connectivity index (χ1) is 5.11. The van der Waals surface area contributed by atoms with Crippen LogP contribution in [0.2, 0.25) is 0 Å². The Kier molecular flexibility index (Phi) is 6.06. The van der Waals surface area contributed by atoms with E-state index in [4.69, 9.17) is 0 Å². The summed E-state index contributed by atoms with van der Waals surface area (Å²) < 4.78 is 0. The van der Waals surface area contributed by atoms with Crippen molar-refractivity contribution < 1.29 is 0 Å². The van der Waals surface area contributed by atoms with Gasteiger partial charge in [-0.25, -0.2) is 0 Å². The van der Waals surface area contributed by atoms with Gasteiger partial charge in [0.25, 0.3) is 0 Å². The normalized spacial score (nSPS) is 16.9. The summed E-state index contributed by atoms with van der Waals surface area (Å²) in [6, 6.07) is 0.706. The minimum Gasteiger partial charge on any atom is -0.303 e. The molecule has 1 nitrogen and oxygen atoms in total. The molecule has 0 spiro atoms. The molecule has 0 saturated carbocycles. The smallest absolute Gasteiger partial charge is 0.00613 e. The Labute approximate surface area is 76.6 Å². The molecule has 0 amide bonds. The molecule has 0 bridgehead atoms. The molecule has 0 aromatic carbocycles. The second-order valence-corrected chi connectivity index (χ2v) is 3.85. The highest BCUT2D eigenvalue weighted by molar-refractivity contribution is 7.80. The van der Waals surface area contributed by atoms with E-state index in [1.54, 1.807) is 0 Å². The number of nitrogens with zero attached hydrogens (tertiary/aromatic N) is 1. The lowest BCUT2D eigenvalue weighted by Crippen LogP contribution is -2.32. The van der Waals surface area contributed by atoms with Gasteiger partial charge in [-0.1, -0.05) is 13.8 Å². The zero-order valence-electron chi connectivity index (χ0n) is 8.17. The molecular formula is C9H21NS. The minimum atomic E-state index is 0.706. The second kappa shape index (κ2) is 5.90. The lowest BCUT2D eigenvalue weighted by Gasteiger charge is -2.25. The summed E-state index contributed by atoms with van der Waals surface area (Å²) in [7, 11) is 2.19. The van der Waals surface area contributed by atoms with Crippen molar-refractivity contribution >= 4 is 12.6 Å². The Hall–Kier alpha value is 0.310. The molecule has 0 saturated heterocycles. The van der Waals surface area contributed by atoms with Crippen LogP contribution in [0.1, 0.15) is 27.2 Å². The standard InChI is InChI=1S/C9H21NS/c1-5-9(3)10(4)6-8(2)7-11/h8-9,11H,5-7H2,1-4H3. The average molecular weight is 175 g/mol. The highest BCUT2D eigenvalue weighted by Crippen LogP contribution is 2.05. The quantitative estimate of drug-likeness (QED) is 0.627. The van der Waals surface area contributed by atoms with Gasteiger partial charge < -0.3 is 4.90 Å². The van der Waals surface area contributed by atoms with Gasteiger partial charge in [0.1, 0.15) is 0 Å². The summed E-state index contributed by atoms with van der Waals surface area (Å²) in [5, 5.41) is 0. The molecule has 0 aromatic heterocycles. The van der Waals surface area contributed by atoms with E-state index in [1.807, 2.05) is 0 Å². The van der Waals surface area contributed by atoms with Crippen molar-refractivity contribution in [1.29, 1.82) is 0 Å². The van der Waals surface area contributed by atoms with E-state index < -0.39 is 0 Å². The van der Waals surface area contributed by atoms with Crippen molar-refractivity contribution in [1.82, 2.24) is 4.90 Å². The molecule has 0 aliphatic heterocycles. The van der Waals surface area contributed by atoms with Crippen LogP contribution in [0.25, 0.3) is 0 Å². The third-order valence-electron chi connectivity index (χ3n) is 2.25. The van der Waals surface area contributed by atoms with Crippen molar-refractivity contribution in [2.24, 2.45) is 5.92 Å². The van der Waals surface area contributed by atoms with Crippen LogP contribution in [0.5, 0.6) is 0 Å². The Bertz CT molecular complexity index is 95.6. The maximum absolute atomic E-state index is 4.26. The number of hydrogen-bond donors (Lipinski definition) is 1. The molecule has 0 aromatic rings. The van der Waals surface area contributed by atoms with Gasteiger partial charge in [0.15, 0.2) is 0 Å². The van der Waals surface area contributed by atoms with Gasteiger partial charge in [-0.05, 0) is 32.1 Å². The largest absolute Gasteiger partial charge is 0.303 e. The fourth-order valence-electron chi connectivity index (χ4n) is 1.04. The highest BCUT2D eigenvalue weighted by atomic mass is 32.1. The fraction of sp³-hybridized carbons (Fsp3) is 1.00. The molecule has 2 unspecified atom stereocenters. The molecule has 0 rings (SSSR count). The lowest BCUT2D eigenvalue weighted by atomic mass is 10.1. The van der Waals surface area contributed by atoms with E-state index in [9.17, 15) is 0 Å². The molecule has 0 heterocycles. The van der Waals surface area contributed by atoms with Crippen LogP contribution in [0.15, 0.2) is 0 Å². The topological polar surface area (TPSA) is 3.24 Å². The van der Waals surface area contributed by atoms with Gasteiger partial charge in [0.05, 0.1) is 0 Å². The summed E-state index contributed by atoms with van der Waals surface area (Å²) in [6.07, 6.45) is 1.23. The van der Waals surface area contributed by atoms with Crippen LogP contribution < -0.4 is 0 Å². The first kappa shape index (κ1) is 11.3. The molecule has 0 fully saturated rings. The second-order valence-electron chi connectivity index (χ2n) is 3.48. The molecule has 0 N–H and O–H groups in total. The SMILES string of the molecule is CCC(C)N(C)CC(C)CS. The van der Waals surface area contributed by atoms with Gasteiger partial charge in [0, 0.05) is 12.6 Å². The van der Waals surface area contributed by atoms with Crippen LogP contribution in [-0.2, 0) is 0 Å². The summed E-state index contributed by atoms with van der Waals surface area (Å²) in [4.78, 5) is 2.40. The minimum absolute atomic E-state index is 0.706. The first-order valence-corrected chi connectivity index (χ1v) is 5.06. The van der Waals surface area contributed by atoms with Gasteiger partial charge in [-0.3, -0.25) is 0 Å². The zero-order chi connectivity index (χ0) is 8.85. The van der Waals surface area contributed by atoms with E-state index in [0.29, 0.717) is 12.0 Å². The van der Waals surface area contributed by atoms with Crippen LogP contribution in [-0.4, -0.2) is 30.3 Å². The maximum Gasteiger partial charge on any atom is 0.00613 e. The summed E-state index contributed by atoms with van der Waals surface area (Å²) in [6.45, 7) is 7.90. The Morgan fingerprint density at radius 3 is 2.27 bits per heavy atom. The van der Waals surface area contributed by atoms with Crippen molar-refractivity contribution in [3.63, 3.8) is 0 Å². The van der Waals surface area contributed by atoms with E-state index >= 15 is 0 Å². The Morgan fingerprint density at radius 1 is 1.36 bits per heavy atom. The number of hydrogen-bond acceptors (Lipinski definition) is 2. The summed E-state index contributed by atoms with van der Waals surface area (Å²) in [5.74, 6) is 1.69. The molecule has 2 atom stereocenters. The summed E-state index contributed by atoms with van der Waals surface area (Å²) >= 11 is 4.26. The molecule has 2 heteroatoms. The number of rotatable bonds is 5. The monoisotopic (exact) mass is 175 g/mol. The van der Waals surface area contributed by atoms with Gasteiger partial charge in [-0.2, -0.15) is 12.6 Å². The highest BCUT2D eigenvalue weighted by Gasteiger charge is 2.09. The van der Waals surface area contributed by atoms with E-state index in [2.05, 4.69) is 45.3 Å². The lowest BCUT2D eigenvalue weighted by molar-refractivity contribution is 0.227. The van der Waals surface area contributed by atoms with Crippen LogP contribution in [0.4, 0.5) is 0 Å². The zero-order valence-corrected chi connectivity index (χ0v) is 9.06. The molecule has 0 radical (unpaired) electrons. The fourth-order valence-corrected chi connectivity index (χ4v) is 1.16. The molecular weight excluding hydrogens is 154 g/mol. The van der Waals surface area contributed by atoms with Crippen LogP contribution >= 0.6 is 12.6 Å². The predicted molar refractivity (Wildman–Crippen MR) is 55.4 cm³/mol. The molecule has 11 heavy (non-hydrogen) atoms. The third-order valence-corrected chi connectivity index (χ3v) is 2.88. The molecule has 68 valence electrons. The van der Waals surface area contributed by atoms with Gasteiger partial charge in [0.2, 0.25) is 0 Å². The van der Waals surface area contributed by atoms with Crippen LogP contribution in [0.3, 0.4) is 0 Å². The number of thiol groups is 1. The average Bonchev–Trinajstić information content (AvgIpc) is 2.02. The summed E-state index contributed by atoms with van der Waals surface area (Å²) in [5.41, 5.74) is 0. The maximum atomic E-state index is 4.26. The van der Waals surface area contributed by atoms with Crippen LogP contribution in [0, 0.1) is 5.92 Å². The molecule has 0 aliphatic carbocycles. The Morgan fingerprint density at radius 2 is 1.91 bits per heavy atom. The van der Waals surface area contributed by atoms with Crippen molar-refractivity contribution in [3.8, 4) is 0 Å². The van der Waals surface area contributed by atoms with Crippen molar-refractivity contribution in [2.45, 2.75) is 33.2 Å². The van der Waals surface area contributed by atoms with E-state index in [-0.39, 0.29) is 0 Å². The first-order valence-electron chi connectivity index (χ1n) is 4.42. The van der Waals surface area contributed by atoms with E-state index in [0.717, 1.165) is 5.75 Å².